The van der Waals surface area contributed by atoms with E-state index in [0.717, 1.165) is 5.56 Å². The molecule has 0 radical (unpaired) electrons. The normalized spacial score (nSPS) is 11.8. The van der Waals surface area contributed by atoms with Crippen LogP contribution < -0.4 is 11.2 Å². The van der Waals surface area contributed by atoms with Gasteiger partial charge < -0.3 is 4.57 Å². The fourth-order valence-electron chi connectivity index (χ4n) is 2.60. The van der Waals surface area contributed by atoms with Gasteiger partial charge in [-0.1, -0.05) is 17.7 Å². The van der Waals surface area contributed by atoms with Gasteiger partial charge in [0, 0.05) is 17.9 Å². The molecule has 0 amide bonds. The van der Waals surface area contributed by atoms with Crippen LogP contribution in [-0.2, 0) is 12.1 Å². The van der Waals surface area contributed by atoms with E-state index in [-0.39, 0.29) is 5.56 Å². The SMILES string of the molecule is CC(C)(C)n1c(=O)nc2n(Cc3ccc(Cl)nc3)cccc-2c1=O. The van der Waals surface area contributed by atoms with Gasteiger partial charge in [-0.3, -0.25) is 9.36 Å². The molecule has 0 spiro atoms. The van der Waals surface area contributed by atoms with Crippen molar-refractivity contribution in [2.75, 3.05) is 0 Å². The van der Waals surface area contributed by atoms with Crippen LogP contribution in [0.25, 0.3) is 11.4 Å². The van der Waals surface area contributed by atoms with E-state index in [0.29, 0.717) is 23.1 Å². The van der Waals surface area contributed by atoms with Gasteiger partial charge in [0.25, 0.3) is 5.56 Å². The molecule has 24 heavy (non-hydrogen) atoms. The van der Waals surface area contributed by atoms with Crippen LogP contribution in [0.15, 0.2) is 46.2 Å². The predicted molar refractivity (Wildman–Crippen MR) is 92.7 cm³/mol. The zero-order valence-corrected chi connectivity index (χ0v) is 14.4. The molecule has 0 N–H and O–H groups in total. The van der Waals surface area contributed by atoms with E-state index in [4.69, 9.17) is 11.6 Å². The van der Waals surface area contributed by atoms with Gasteiger partial charge in [-0.15, -0.1) is 0 Å². The fraction of sp³-hybridized carbons (Fsp3) is 0.294. The molecule has 0 aromatic carbocycles. The molecule has 0 bridgehead atoms. The molecule has 0 atom stereocenters. The molecular formula is C17H17ClN4O2. The summed E-state index contributed by atoms with van der Waals surface area (Å²) in [6.45, 7) is 5.85. The van der Waals surface area contributed by atoms with Gasteiger partial charge in [0.2, 0.25) is 0 Å². The number of rotatable bonds is 2. The second-order valence-electron chi connectivity index (χ2n) is 6.57. The van der Waals surface area contributed by atoms with Crippen molar-refractivity contribution in [3.63, 3.8) is 0 Å². The smallest absolute Gasteiger partial charge is 0.328 e. The molecule has 0 fully saturated rings. The third-order valence-electron chi connectivity index (χ3n) is 3.68. The van der Waals surface area contributed by atoms with E-state index in [1.165, 1.54) is 4.57 Å². The first-order valence-corrected chi connectivity index (χ1v) is 7.88. The summed E-state index contributed by atoms with van der Waals surface area (Å²) in [4.78, 5) is 33.3. The minimum atomic E-state index is -0.629. The lowest BCUT2D eigenvalue weighted by atomic mass is 10.1. The summed E-state index contributed by atoms with van der Waals surface area (Å²) in [5, 5.41) is 0.412. The van der Waals surface area contributed by atoms with Crippen LogP contribution >= 0.6 is 11.6 Å². The van der Waals surface area contributed by atoms with E-state index in [1.807, 2.05) is 6.07 Å². The summed E-state index contributed by atoms with van der Waals surface area (Å²) in [6, 6.07) is 6.99. The van der Waals surface area contributed by atoms with Gasteiger partial charge in [0.15, 0.2) is 5.82 Å². The highest BCUT2D eigenvalue weighted by atomic mass is 35.5. The maximum absolute atomic E-state index is 12.7. The minimum Gasteiger partial charge on any atom is -0.328 e. The second-order valence-corrected chi connectivity index (χ2v) is 6.96. The number of fused-ring (bicyclic) bond motifs is 1. The topological polar surface area (TPSA) is 69.8 Å². The molecule has 1 aromatic heterocycles. The maximum Gasteiger partial charge on any atom is 0.352 e. The van der Waals surface area contributed by atoms with Crippen molar-refractivity contribution in [1.29, 1.82) is 0 Å². The standard InChI is InChI=1S/C17H17ClN4O2/c1-17(2,3)22-15(23)12-5-4-8-21(14(12)20-16(22)24)10-11-6-7-13(18)19-9-11/h4-9H,10H2,1-3H3. The van der Waals surface area contributed by atoms with Crippen LogP contribution in [0.1, 0.15) is 26.3 Å². The molecular weight excluding hydrogens is 328 g/mol. The van der Waals surface area contributed by atoms with Crippen LogP contribution in [0, 0.1) is 0 Å². The van der Waals surface area contributed by atoms with Crippen LogP contribution in [0.2, 0.25) is 5.15 Å². The first-order chi connectivity index (χ1) is 11.3. The van der Waals surface area contributed by atoms with E-state index in [9.17, 15) is 9.59 Å². The van der Waals surface area contributed by atoms with E-state index >= 15 is 0 Å². The molecule has 2 aliphatic rings. The molecule has 0 unspecified atom stereocenters. The van der Waals surface area contributed by atoms with Crippen molar-refractivity contribution in [2.45, 2.75) is 32.9 Å². The fourth-order valence-corrected chi connectivity index (χ4v) is 2.71. The van der Waals surface area contributed by atoms with Crippen molar-refractivity contribution in [2.24, 2.45) is 0 Å². The molecule has 3 rings (SSSR count). The van der Waals surface area contributed by atoms with Crippen molar-refractivity contribution in [1.82, 2.24) is 19.1 Å². The molecule has 0 aliphatic carbocycles. The Morgan fingerprint density at radius 1 is 1.17 bits per heavy atom. The highest BCUT2D eigenvalue weighted by molar-refractivity contribution is 6.29. The molecule has 124 valence electrons. The lowest BCUT2D eigenvalue weighted by molar-refractivity contribution is 0.366. The lowest BCUT2D eigenvalue weighted by Gasteiger charge is -2.22. The highest BCUT2D eigenvalue weighted by Gasteiger charge is 2.24. The largest absolute Gasteiger partial charge is 0.352 e. The van der Waals surface area contributed by atoms with Crippen molar-refractivity contribution >= 4 is 11.6 Å². The predicted octanol–water partition coefficient (Wildman–Crippen LogP) is 2.36. The van der Waals surface area contributed by atoms with Crippen molar-refractivity contribution < 1.29 is 0 Å². The third kappa shape index (κ3) is 2.97. The summed E-state index contributed by atoms with van der Waals surface area (Å²) in [6.07, 6.45) is 3.44. The number of hydrogen-bond acceptors (Lipinski definition) is 4. The van der Waals surface area contributed by atoms with Gasteiger partial charge in [0.05, 0.1) is 12.1 Å². The molecule has 1 aromatic rings. The molecule has 2 aliphatic heterocycles. The summed E-state index contributed by atoms with van der Waals surface area (Å²) >= 11 is 5.80. The summed E-state index contributed by atoms with van der Waals surface area (Å²) in [7, 11) is 0. The van der Waals surface area contributed by atoms with Crippen LogP contribution in [0.4, 0.5) is 0 Å². The van der Waals surface area contributed by atoms with E-state index in [1.54, 1.807) is 55.9 Å². The highest BCUT2D eigenvalue weighted by Crippen LogP contribution is 2.17. The Balaban J connectivity index is 2.16. The Morgan fingerprint density at radius 2 is 1.92 bits per heavy atom. The van der Waals surface area contributed by atoms with Gasteiger partial charge in [0.1, 0.15) is 5.15 Å². The maximum atomic E-state index is 12.7. The lowest BCUT2D eigenvalue weighted by Crippen LogP contribution is -2.46. The summed E-state index contributed by atoms with van der Waals surface area (Å²) in [5.41, 5.74) is -0.203. The number of halogens is 1. The molecule has 0 saturated carbocycles. The summed E-state index contributed by atoms with van der Waals surface area (Å²) in [5.74, 6) is 0.364. The number of pyridine rings is 2. The van der Waals surface area contributed by atoms with Crippen molar-refractivity contribution in [3.8, 4) is 11.4 Å². The quantitative estimate of drug-likeness (QED) is 0.669. The Kier molecular flexibility index (Phi) is 4.01. The Morgan fingerprint density at radius 3 is 2.54 bits per heavy atom. The van der Waals surface area contributed by atoms with E-state index < -0.39 is 11.2 Å². The van der Waals surface area contributed by atoms with Gasteiger partial charge in [-0.2, -0.15) is 4.98 Å². The first-order valence-electron chi connectivity index (χ1n) is 7.50. The Bertz CT molecular complexity index is 968. The molecule has 6 nitrogen and oxygen atoms in total. The zero-order valence-electron chi connectivity index (χ0n) is 13.7. The zero-order chi connectivity index (χ0) is 17.5. The minimum absolute atomic E-state index is 0.332. The van der Waals surface area contributed by atoms with Crippen LogP contribution in [0.5, 0.6) is 0 Å². The van der Waals surface area contributed by atoms with Gasteiger partial charge in [-0.25, -0.2) is 9.78 Å². The Hall–Kier alpha value is -2.47. The monoisotopic (exact) mass is 344 g/mol. The number of aromatic nitrogens is 4. The van der Waals surface area contributed by atoms with Crippen LogP contribution in [0.3, 0.4) is 0 Å². The summed E-state index contributed by atoms with van der Waals surface area (Å²) < 4.78 is 2.94. The molecule has 3 heterocycles. The van der Waals surface area contributed by atoms with E-state index in [2.05, 4.69) is 9.97 Å². The molecule has 7 heteroatoms. The number of hydrogen-bond donors (Lipinski definition) is 0. The number of nitrogens with zero attached hydrogens (tertiary/aromatic N) is 4. The average Bonchev–Trinajstić information content (AvgIpc) is 2.49. The van der Waals surface area contributed by atoms with Gasteiger partial charge >= 0.3 is 5.69 Å². The third-order valence-corrected chi connectivity index (χ3v) is 3.90. The second kappa shape index (κ2) is 5.87. The first kappa shape index (κ1) is 16.4. The molecule has 0 saturated heterocycles. The average molecular weight is 345 g/mol. The van der Waals surface area contributed by atoms with Crippen LogP contribution in [-0.4, -0.2) is 19.1 Å². The Labute approximate surface area is 143 Å². The van der Waals surface area contributed by atoms with Crippen molar-refractivity contribution in [3.05, 3.63) is 68.2 Å². The van der Waals surface area contributed by atoms with Gasteiger partial charge in [-0.05, 0) is 44.5 Å².